The molecule has 2 aromatic carbocycles. The van der Waals surface area contributed by atoms with E-state index in [1.807, 2.05) is 43.5 Å². The quantitative estimate of drug-likeness (QED) is 0.319. The van der Waals surface area contributed by atoms with E-state index in [1.165, 1.54) is 10.4 Å². The molecule has 0 atom stereocenters. The van der Waals surface area contributed by atoms with Crippen LogP contribution in [0, 0.1) is 13.8 Å². The molecule has 0 fully saturated rings. The van der Waals surface area contributed by atoms with Crippen LogP contribution in [0.1, 0.15) is 53.1 Å². The monoisotopic (exact) mass is 525 g/mol. The summed E-state index contributed by atoms with van der Waals surface area (Å²) in [5.74, 6) is 0.872. The van der Waals surface area contributed by atoms with Crippen molar-refractivity contribution < 1.29 is 9.59 Å². The predicted molar refractivity (Wildman–Crippen MR) is 151 cm³/mol. The molecule has 4 heterocycles. The Morgan fingerprint density at radius 2 is 1.82 bits per heavy atom. The first-order valence-electron chi connectivity index (χ1n) is 13.1. The van der Waals surface area contributed by atoms with Crippen LogP contribution in [-0.2, 0) is 32.5 Å². The van der Waals surface area contributed by atoms with Crippen LogP contribution in [0.2, 0.25) is 0 Å². The molecule has 1 amide bonds. The average Bonchev–Trinajstić information content (AvgIpc) is 3.56. The first-order valence-corrected chi connectivity index (χ1v) is 13.9. The number of nitrogens with one attached hydrogen (secondary N) is 3. The molecule has 4 aromatic rings. The molecule has 2 aliphatic heterocycles. The fraction of sp³-hybridized carbons (Fsp3) is 0.300. The molecule has 0 spiro atoms. The van der Waals surface area contributed by atoms with Gasteiger partial charge in [-0.25, -0.2) is 4.98 Å². The van der Waals surface area contributed by atoms with Crippen LogP contribution < -0.4 is 16.0 Å². The molecule has 0 saturated carbocycles. The number of imidazole rings is 1. The fourth-order valence-electron chi connectivity index (χ4n) is 5.36. The molecule has 38 heavy (non-hydrogen) atoms. The SMILES string of the molecule is Cc1c(CC(=O)c2cn3c(n2)CNCC3)cccc1-c1cccc(NC(=O)c2cc3c(s2)CCNC3)c1C. The van der Waals surface area contributed by atoms with Crippen LogP contribution >= 0.6 is 11.3 Å². The van der Waals surface area contributed by atoms with Crippen molar-refractivity contribution in [2.24, 2.45) is 0 Å². The number of ketones is 1. The van der Waals surface area contributed by atoms with E-state index in [-0.39, 0.29) is 11.7 Å². The highest BCUT2D eigenvalue weighted by molar-refractivity contribution is 7.14. The number of anilines is 1. The second-order valence-electron chi connectivity index (χ2n) is 10.0. The largest absolute Gasteiger partial charge is 0.332 e. The minimum atomic E-state index is -0.0707. The number of hydrogen-bond donors (Lipinski definition) is 3. The number of carbonyl (C=O) groups is 2. The van der Waals surface area contributed by atoms with Crippen molar-refractivity contribution in [1.29, 1.82) is 0 Å². The topological polar surface area (TPSA) is 88.1 Å². The number of aromatic nitrogens is 2. The third-order valence-electron chi connectivity index (χ3n) is 7.59. The predicted octanol–water partition coefficient (Wildman–Crippen LogP) is 4.66. The van der Waals surface area contributed by atoms with Crippen molar-refractivity contribution in [2.75, 3.05) is 18.4 Å². The Kier molecular flexibility index (Phi) is 6.69. The smallest absolute Gasteiger partial charge is 0.265 e. The van der Waals surface area contributed by atoms with Crippen molar-refractivity contribution in [2.45, 2.75) is 46.3 Å². The van der Waals surface area contributed by atoms with Crippen LogP contribution in [0.3, 0.4) is 0 Å². The maximum Gasteiger partial charge on any atom is 0.265 e. The van der Waals surface area contributed by atoms with Gasteiger partial charge in [-0.1, -0.05) is 30.3 Å². The molecule has 7 nitrogen and oxygen atoms in total. The van der Waals surface area contributed by atoms with Crippen LogP contribution in [0.25, 0.3) is 11.1 Å². The summed E-state index contributed by atoms with van der Waals surface area (Å²) in [6, 6.07) is 14.1. The molecule has 2 aromatic heterocycles. The summed E-state index contributed by atoms with van der Waals surface area (Å²) >= 11 is 1.59. The lowest BCUT2D eigenvalue weighted by Gasteiger charge is -2.16. The number of rotatable bonds is 6. The van der Waals surface area contributed by atoms with Crippen LogP contribution in [0.15, 0.2) is 48.7 Å². The number of benzene rings is 2. The van der Waals surface area contributed by atoms with Gasteiger partial charge in [0.05, 0.1) is 11.4 Å². The lowest BCUT2D eigenvalue weighted by molar-refractivity contribution is 0.0986. The van der Waals surface area contributed by atoms with Gasteiger partial charge in [-0.05, 0) is 65.8 Å². The lowest BCUT2D eigenvalue weighted by Crippen LogP contribution is -2.27. The molecule has 6 rings (SSSR count). The second-order valence-corrected chi connectivity index (χ2v) is 11.2. The van der Waals surface area contributed by atoms with Crippen molar-refractivity contribution in [3.05, 3.63) is 92.2 Å². The molecule has 3 N–H and O–H groups in total. The highest BCUT2D eigenvalue weighted by Gasteiger charge is 2.20. The summed E-state index contributed by atoms with van der Waals surface area (Å²) in [4.78, 5) is 32.9. The van der Waals surface area contributed by atoms with Gasteiger partial charge in [-0.2, -0.15) is 0 Å². The second kappa shape index (κ2) is 10.3. The third kappa shape index (κ3) is 4.71. The van der Waals surface area contributed by atoms with Crippen LogP contribution in [-0.4, -0.2) is 34.3 Å². The Morgan fingerprint density at radius 3 is 2.63 bits per heavy atom. The standard InChI is InChI=1S/C30H31N5O2S/c1-18-20(13-26(36)25-17-35-12-11-32-16-29(35)33-25)5-3-6-22(18)23-7-4-8-24(19(23)2)34-30(37)28-14-21-15-31-10-9-27(21)38-28/h3-8,14,17,31-32H,9-13,15-16H2,1-2H3,(H,34,37). The van der Waals surface area contributed by atoms with E-state index in [2.05, 4.69) is 44.6 Å². The van der Waals surface area contributed by atoms with Gasteiger partial charge in [0.2, 0.25) is 0 Å². The van der Waals surface area contributed by atoms with Gasteiger partial charge in [0.1, 0.15) is 11.5 Å². The maximum absolute atomic E-state index is 13.1. The van der Waals surface area contributed by atoms with Gasteiger partial charge in [-0.3, -0.25) is 9.59 Å². The minimum absolute atomic E-state index is 0.0266. The van der Waals surface area contributed by atoms with E-state index in [4.69, 9.17) is 0 Å². The third-order valence-corrected chi connectivity index (χ3v) is 8.83. The summed E-state index contributed by atoms with van der Waals surface area (Å²) in [5, 5.41) is 9.80. The normalized spacial score (nSPS) is 14.6. The van der Waals surface area contributed by atoms with Crippen molar-refractivity contribution in [3.63, 3.8) is 0 Å². The zero-order valence-corrected chi connectivity index (χ0v) is 22.5. The molecular formula is C30H31N5O2S. The van der Waals surface area contributed by atoms with E-state index in [9.17, 15) is 9.59 Å². The highest BCUT2D eigenvalue weighted by atomic mass is 32.1. The molecule has 0 aliphatic carbocycles. The summed E-state index contributed by atoms with van der Waals surface area (Å²) < 4.78 is 2.07. The molecule has 194 valence electrons. The highest BCUT2D eigenvalue weighted by Crippen LogP contribution is 2.33. The van der Waals surface area contributed by atoms with Crippen LogP contribution in [0.4, 0.5) is 5.69 Å². The van der Waals surface area contributed by atoms with Gasteiger partial charge in [-0.15, -0.1) is 11.3 Å². The average molecular weight is 526 g/mol. The van der Waals surface area contributed by atoms with Gasteiger partial charge >= 0.3 is 0 Å². The first-order chi connectivity index (χ1) is 18.5. The Labute approximate surface area is 226 Å². The number of carbonyl (C=O) groups excluding carboxylic acids is 2. The van der Waals surface area contributed by atoms with Crippen molar-refractivity contribution in [3.8, 4) is 11.1 Å². The maximum atomic E-state index is 13.1. The molecule has 0 unspecified atom stereocenters. The molecule has 8 heteroatoms. The first kappa shape index (κ1) is 24.7. The number of thiophene rings is 1. The summed E-state index contributed by atoms with van der Waals surface area (Å²) in [6.07, 6.45) is 3.16. The summed E-state index contributed by atoms with van der Waals surface area (Å²) in [6.45, 7) is 8.31. The van der Waals surface area contributed by atoms with E-state index in [0.29, 0.717) is 18.7 Å². The van der Waals surface area contributed by atoms with Crippen LogP contribution in [0.5, 0.6) is 0 Å². The minimum Gasteiger partial charge on any atom is -0.332 e. The van der Waals surface area contributed by atoms with E-state index in [0.717, 1.165) is 76.8 Å². The van der Waals surface area contributed by atoms with Crippen molar-refractivity contribution >= 4 is 28.7 Å². The molecular weight excluding hydrogens is 494 g/mol. The van der Waals surface area contributed by atoms with E-state index >= 15 is 0 Å². The Balaban J connectivity index is 1.23. The Bertz CT molecular complexity index is 1390. The van der Waals surface area contributed by atoms with E-state index < -0.39 is 0 Å². The van der Waals surface area contributed by atoms with Gasteiger partial charge in [0, 0.05) is 49.4 Å². The Hall–Kier alpha value is -3.59. The zero-order chi connectivity index (χ0) is 26.2. The molecule has 0 radical (unpaired) electrons. The van der Waals surface area contributed by atoms with Gasteiger partial charge in [0.25, 0.3) is 5.91 Å². The molecule has 0 bridgehead atoms. The molecule has 2 aliphatic rings. The summed E-state index contributed by atoms with van der Waals surface area (Å²) in [7, 11) is 0. The summed E-state index contributed by atoms with van der Waals surface area (Å²) in [5.41, 5.74) is 7.73. The number of fused-ring (bicyclic) bond motifs is 2. The van der Waals surface area contributed by atoms with Gasteiger partial charge in [0.15, 0.2) is 5.78 Å². The number of amides is 1. The zero-order valence-electron chi connectivity index (χ0n) is 21.7. The number of nitrogens with zero attached hydrogens (tertiary/aromatic N) is 2. The van der Waals surface area contributed by atoms with Crippen molar-refractivity contribution in [1.82, 2.24) is 20.2 Å². The fourth-order valence-corrected chi connectivity index (χ4v) is 6.44. The number of hydrogen-bond acceptors (Lipinski definition) is 6. The Morgan fingerprint density at radius 1 is 1.03 bits per heavy atom. The van der Waals surface area contributed by atoms with E-state index in [1.54, 1.807) is 11.3 Å². The van der Waals surface area contributed by atoms with Gasteiger partial charge < -0.3 is 20.5 Å². The number of Topliss-reactive ketones (excluding diaryl/α,β-unsaturated/α-hetero) is 1. The molecule has 0 saturated heterocycles. The lowest BCUT2D eigenvalue weighted by atomic mass is 9.91.